The molecule has 3 aromatic rings. The molecule has 0 atom stereocenters. The summed E-state index contributed by atoms with van der Waals surface area (Å²) in [6.45, 7) is 4.85. The van der Waals surface area contributed by atoms with Crippen molar-refractivity contribution >= 4 is 21.9 Å². The Bertz CT molecular complexity index is 904. The van der Waals surface area contributed by atoms with Crippen molar-refractivity contribution < 1.29 is 24.5 Å². The van der Waals surface area contributed by atoms with E-state index in [4.69, 9.17) is 4.42 Å². The van der Waals surface area contributed by atoms with E-state index in [9.17, 15) is 0 Å². The number of benzene rings is 2. The molecule has 2 saturated heterocycles. The second-order valence-corrected chi connectivity index (χ2v) is 7.62. The van der Waals surface area contributed by atoms with Crippen molar-refractivity contribution in [2.75, 3.05) is 7.05 Å². The Balaban J connectivity index is 0.00000146. The Kier molecular flexibility index (Phi) is 3.62. The molecule has 1 aromatic heterocycles. The van der Waals surface area contributed by atoms with Crippen LogP contribution in [0.5, 0.6) is 0 Å². The van der Waals surface area contributed by atoms with E-state index >= 15 is 0 Å². The van der Waals surface area contributed by atoms with E-state index in [-0.39, 0.29) is 25.5 Å². The molecule has 2 bridgehead atoms. The van der Waals surface area contributed by atoms with Crippen molar-refractivity contribution in [2.24, 2.45) is 0 Å². The smallest absolute Gasteiger partial charge is 0.167 e. The summed E-state index contributed by atoms with van der Waals surface area (Å²) >= 11 is 0. The number of furan rings is 1. The summed E-state index contributed by atoms with van der Waals surface area (Å²) in [5.74, 6) is 0. The Morgan fingerprint density at radius 2 is 1.83 bits per heavy atom. The molecule has 3 aliphatic rings. The Morgan fingerprint density at radius 3 is 2.58 bits per heavy atom. The number of para-hydroxylation sites is 1. The van der Waals surface area contributed by atoms with E-state index in [2.05, 4.69) is 49.7 Å². The molecule has 0 unspecified atom stereocenters. The average Bonchev–Trinajstić information content (AvgIpc) is 2.94. The van der Waals surface area contributed by atoms with Crippen LogP contribution in [0.15, 0.2) is 40.8 Å². The maximum Gasteiger partial charge on any atom is 0.167 e. The average molecular weight is 496 g/mol. The first-order chi connectivity index (χ1) is 11.1. The minimum absolute atomic E-state index is 0. The number of rotatable bonds is 1. The summed E-state index contributed by atoms with van der Waals surface area (Å²) < 4.78 is 5.96. The van der Waals surface area contributed by atoms with Crippen LogP contribution < -0.4 is 0 Å². The van der Waals surface area contributed by atoms with Crippen LogP contribution in [0, 0.1) is 12.6 Å². The van der Waals surface area contributed by atoms with Gasteiger partial charge in [0.2, 0.25) is 0 Å². The third kappa shape index (κ3) is 2.12. The third-order valence-electron chi connectivity index (χ3n) is 6.36. The summed E-state index contributed by atoms with van der Waals surface area (Å²) in [5.41, 5.74) is 3.74. The monoisotopic (exact) mass is 496 g/mol. The predicted molar refractivity (Wildman–Crippen MR) is 93.2 cm³/mol. The van der Waals surface area contributed by atoms with Crippen LogP contribution in [0.25, 0.3) is 21.9 Å². The molecule has 3 heteroatoms. The molecule has 3 fully saturated rings. The maximum atomic E-state index is 5.96. The van der Waals surface area contributed by atoms with Gasteiger partial charge in [-0.15, -0.1) is 16.5 Å². The Labute approximate surface area is 156 Å². The number of piperidine rings is 2. The zero-order chi connectivity index (χ0) is 15.7. The predicted octanol–water partition coefficient (Wildman–Crippen LogP) is 5.06. The van der Waals surface area contributed by atoms with Crippen LogP contribution in [-0.2, 0) is 25.5 Å². The fraction of sp³-hybridized carbons (Fsp3) is 0.381. The minimum atomic E-state index is 0. The second-order valence-electron chi connectivity index (χ2n) is 7.62. The number of hydrogen-bond acceptors (Lipinski definition) is 2. The van der Waals surface area contributed by atoms with Gasteiger partial charge in [-0.1, -0.05) is 23.6 Å². The maximum absolute atomic E-state index is 5.96. The van der Waals surface area contributed by atoms with Crippen LogP contribution in [0.3, 0.4) is 0 Å². The summed E-state index contributed by atoms with van der Waals surface area (Å²) in [5, 5.41) is 2.43. The van der Waals surface area contributed by atoms with Gasteiger partial charge in [-0.2, -0.15) is 12.1 Å². The number of nitrogens with zero attached hydrogens (tertiary/aromatic N) is 1. The van der Waals surface area contributed by atoms with E-state index in [1.54, 1.807) is 0 Å². The van der Waals surface area contributed by atoms with E-state index in [0.29, 0.717) is 5.54 Å². The molecule has 2 aliphatic heterocycles. The number of fused-ring (bicyclic) bond motifs is 6. The fourth-order valence-corrected chi connectivity index (χ4v) is 4.54. The molecule has 0 spiro atoms. The van der Waals surface area contributed by atoms with Gasteiger partial charge in [-0.25, -0.2) is 0 Å². The van der Waals surface area contributed by atoms with Gasteiger partial charge in [0, 0.05) is 38.1 Å². The third-order valence-corrected chi connectivity index (χ3v) is 6.36. The number of hydrogen-bond donors (Lipinski definition) is 0. The molecular formula is C21H21IrNO. The van der Waals surface area contributed by atoms with Gasteiger partial charge >= 0.3 is 0 Å². The van der Waals surface area contributed by atoms with Crippen molar-refractivity contribution in [1.82, 2.24) is 4.90 Å². The van der Waals surface area contributed by atoms with Gasteiger partial charge in [0.25, 0.3) is 0 Å². The van der Waals surface area contributed by atoms with Gasteiger partial charge in [0.15, 0.2) is 6.54 Å². The van der Waals surface area contributed by atoms with Gasteiger partial charge in [-0.05, 0) is 38.7 Å². The van der Waals surface area contributed by atoms with Crippen LogP contribution in [-0.4, -0.2) is 17.5 Å². The summed E-state index contributed by atoms with van der Waals surface area (Å²) in [7, 11) is 2.23. The van der Waals surface area contributed by atoms with Crippen molar-refractivity contribution in [3.63, 3.8) is 0 Å². The van der Waals surface area contributed by atoms with Crippen LogP contribution in [0.1, 0.15) is 38.2 Å². The van der Waals surface area contributed by atoms with Crippen molar-refractivity contribution in [3.8, 4) is 0 Å². The molecule has 1 aliphatic carbocycles. The van der Waals surface area contributed by atoms with Crippen LogP contribution >= 0.6 is 0 Å². The van der Waals surface area contributed by atoms with E-state index in [1.807, 2.05) is 18.2 Å². The molecule has 6 rings (SSSR count). The quantitative estimate of drug-likeness (QED) is 0.439. The SMILES string of the molecule is CN1[CH+]C2(c3[c-]cc4oc5ccccc5c4c3)CCC1(C)CC2.[Ir]. The molecule has 2 aromatic carbocycles. The fourth-order valence-electron chi connectivity index (χ4n) is 4.54. The second kappa shape index (κ2) is 5.36. The molecule has 1 saturated carbocycles. The molecule has 24 heavy (non-hydrogen) atoms. The topological polar surface area (TPSA) is 16.4 Å². The molecule has 0 N–H and O–H groups in total. The van der Waals surface area contributed by atoms with Crippen LogP contribution in [0.4, 0.5) is 0 Å². The normalized spacial score (nSPS) is 29.6. The molecule has 2 nitrogen and oxygen atoms in total. The summed E-state index contributed by atoms with van der Waals surface area (Å²) in [4.78, 5) is 2.45. The van der Waals surface area contributed by atoms with Gasteiger partial charge in [0.1, 0.15) is 11.0 Å². The van der Waals surface area contributed by atoms with Gasteiger partial charge < -0.3 is 4.42 Å². The molecule has 125 valence electrons. The summed E-state index contributed by atoms with van der Waals surface area (Å²) in [6, 6.07) is 16.2. The van der Waals surface area contributed by atoms with Crippen LogP contribution in [0.2, 0.25) is 0 Å². The molecule has 1 radical (unpaired) electrons. The summed E-state index contributed by atoms with van der Waals surface area (Å²) in [6.07, 6.45) is 4.98. The molecular weight excluding hydrogens is 474 g/mol. The zero-order valence-electron chi connectivity index (χ0n) is 14.1. The molecule has 0 amide bonds. The Hall–Kier alpha value is -1.28. The van der Waals surface area contributed by atoms with Crippen molar-refractivity contribution in [1.29, 1.82) is 0 Å². The van der Waals surface area contributed by atoms with Crippen molar-refractivity contribution in [2.45, 2.75) is 43.6 Å². The minimum Gasteiger partial charge on any atom is -0.516 e. The van der Waals surface area contributed by atoms with E-state index in [0.717, 1.165) is 11.2 Å². The standard InChI is InChI=1S/C21H21NO.Ir/c1-20-9-11-21(12-10-20,14-22(20)2)15-7-8-19-17(13-15)16-5-3-4-6-18(16)23-19;/h3-6,8,13-14H,9-12H2,1-2H3;. The Morgan fingerprint density at radius 1 is 1.08 bits per heavy atom. The zero-order valence-corrected chi connectivity index (χ0v) is 16.5. The molecule has 3 heterocycles. The number of likely N-dealkylation sites (N-methyl/N-ethyl adjacent to an activating group) is 1. The first kappa shape index (κ1) is 16.2. The largest absolute Gasteiger partial charge is 0.516 e. The first-order valence-electron chi connectivity index (χ1n) is 8.52. The van der Waals surface area contributed by atoms with E-state index < -0.39 is 0 Å². The first-order valence-corrected chi connectivity index (χ1v) is 8.52. The van der Waals surface area contributed by atoms with E-state index in [1.165, 1.54) is 42.0 Å². The van der Waals surface area contributed by atoms with Crippen molar-refractivity contribution in [3.05, 3.63) is 54.6 Å². The van der Waals surface area contributed by atoms with Gasteiger partial charge in [-0.3, -0.25) is 0 Å². The van der Waals surface area contributed by atoms with Gasteiger partial charge in [0.05, 0.1) is 5.54 Å².